The second-order valence-corrected chi connectivity index (χ2v) is 6.07. The molecule has 3 rings (SSSR count). The topological polar surface area (TPSA) is 24.5 Å². The largest absolute Gasteiger partial charge is 0.492 e. The van der Waals surface area contributed by atoms with Crippen LogP contribution in [0, 0.1) is 5.92 Å². The van der Waals surface area contributed by atoms with Crippen molar-refractivity contribution in [3.63, 3.8) is 0 Å². The summed E-state index contributed by atoms with van der Waals surface area (Å²) in [4.78, 5) is 2.16. The lowest BCUT2D eigenvalue weighted by molar-refractivity contribution is -0.139. The van der Waals surface area contributed by atoms with E-state index in [-0.39, 0.29) is 5.75 Å². The zero-order valence-electron chi connectivity index (χ0n) is 12.5. The third-order valence-corrected chi connectivity index (χ3v) is 4.17. The van der Waals surface area contributed by atoms with Gasteiger partial charge in [0.1, 0.15) is 5.75 Å². The van der Waals surface area contributed by atoms with Crippen LogP contribution >= 0.6 is 0 Å². The molecule has 1 heterocycles. The predicted molar refractivity (Wildman–Crippen MR) is 77.8 cm³/mol. The summed E-state index contributed by atoms with van der Waals surface area (Å²) in [5.74, 6) is 0.453. The summed E-state index contributed by atoms with van der Waals surface area (Å²) in [7, 11) is 0. The highest BCUT2D eigenvalue weighted by Gasteiger charge is 2.36. The number of rotatable bonds is 5. The first-order valence-corrected chi connectivity index (χ1v) is 7.79. The number of nitrogens with one attached hydrogen (secondary N) is 1. The first kappa shape index (κ1) is 15.6. The van der Waals surface area contributed by atoms with E-state index in [0.29, 0.717) is 24.6 Å². The molecule has 1 aromatic carbocycles. The van der Waals surface area contributed by atoms with Crippen LogP contribution in [0.3, 0.4) is 0 Å². The molecule has 0 aromatic heterocycles. The van der Waals surface area contributed by atoms with Gasteiger partial charge >= 0.3 is 6.18 Å². The lowest BCUT2D eigenvalue weighted by Gasteiger charge is -2.28. The Morgan fingerprint density at radius 1 is 1.18 bits per heavy atom. The van der Waals surface area contributed by atoms with Gasteiger partial charge in [0.15, 0.2) is 0 Å². The predicted octanol–water partition coefficient (Wildman–Crippen LogP) is 2.90. The second-order valence-electron chi connectivity index (χ2n) is 6.07. The molecule has 0 spiro atoms. The molecule has 1 aliphatic heterocycles. The number of ether oxygens (including phenoxy) is 1. The molecule has 0 amide bonds. The molecule has 0 radical (unpaired) electrons. The Morgan fingerprint density at radius 3 is 2.55 bits per heavy atom. The van der Waals surface area contributed by atoms with Crippen molar-refractivity contribution in [2.75, 3.05) is 32.8 Å². The molecule has 0 unspecified atom stereocenters. The molecule has 122 valence electrons. The summed E-state index contributed by atoms with van der Waals surface area (Å²) >= 11 is 0. The Bertz CT molecular complexity index is 509. The minimum absolute atomic E-state index is 0.0282. The number of benzene rings is 1. The molecule has 22 heavy (non-hydrogen) atoms. The summed E-state index contributed by atoms with van der Waals surface area (Å²) in [6.07, 6.45) is -2.26. The minimum atomic E-state index is -4.38. The quantitative estimate of drug-likeness (QED) is 0.904. The van der Waals surface area contributed by atoms with Crippen molar-refractivity contribution in [2.45, 2.75) is 25.6 Å². The normalized spacial score (nSPS) is 20.1. The Hall–Kier alpha value is -1.27. The number of nitrogens with zero attached hydrogens (tertiary/aromatic N) is 1. The molecule has 0 atom stereocenters. The molecule has 3 nitrogen and oxygen atoms in total. The van der Waals surface area contributed by atoms with Crippen molar-refractivity contribution in [3.8, 4) is 5.75 Å². The fourth-order valence-electron chi connectivity index (χ4n) is 2.70. The highest BCUT2D eigenvalue weighted by molar-refractivity contribution is 5.43. The Kier molecular flexibility index (Phi) is 4.59. The second kappa shape index (κ2) is 6.46. The molecule has 1 N–H and O–H groups in total. The molecular weight excluding hydrogens is 293 g/mol. The van der Waals surface area contributed by atoms with E-state index in [1.807, 2.05) is 0 Å². The van der Waals surface area contributed by atoms with E-state index >= 15 is 0 Å². The van der Waals surface area contributed by atoms with Crippen molar-refractivity contribution in [1.29, 1.82) is 0 Å². The average Bonchev–Trinajstić information content (AvgIpc) is 3.30. The van der Waals surface area contributed by atoms with E-state index in [1.54, 1.807) is 6.07 Å². The highest BCUT2D eigenvalue weighted by Crippen LogP contribution is 2.40. The van der Waals surface area contributed by atoms with Gasteiger partial charge in [-0.25, -0.2) is 0 Å². The van der Waals surface area contributed by atoms with Gasteiger partial charge in [-0.2, -0.15) is 13.2 Å². The van der Waals surface area contributed by atoms with Crippen molar-refractivity contribution >= 4 is 0 Å². The van der Waals surface area contributed by atoms with Gasteiger partial charge in [-0.1, -0.05) is 12.1 Å². The standard InChI is InChI=1S/C16H21F3N2O/c17-16(18,19)14-3-1-2-13(10-21-8-6-20-7-9-21)15(14)22-11-12-4-5-12/h1-3,12,20H,4-11H2. The summed E-state index contributed by atoms with van der Waals surface area (Å²) in [5.41, 5.74) is -0.0156. The van der Waals surface area contributed by atoms with E-state index in [2.05, 4.69) is 10.2 Å². The summed E-state index contributed by atoms with van der Waals surface area (Å²) in [6, 6.07) is 4.34. The first-order valence-electron chi connectivity index (χ1n) is 7.79. The maximum Gasteiger partial charge on any atom is 0.419 e. The lowest BCUT2D eigenvalue weighted by Crippen LogP contribution is -2.43. The monoisotopic (exact) mass is 314 g/mol. The zero-order valence-corrected chi connectivity index (χ0v) is 12.5. The van der Waals surface area contributed by atoms with Crippen LogP contribution in [0.1, 0.15) is 24.0 Å². The van der Waals surface area contributed by atoms with Gasteiger partial charge in [-0.15, -0.1) is 0 Å². The van der Waals surface area contributed by atoms with Crippen molar-refractivity contribution in [3.05, 3.63) is 29.3 Å². The van der Waals surface area contributed by atoms with Gasteiger partial charge in [0.25, 0.3) is 0 Å². The van der Waals surface area contributed by atoms with Gasteiger partial charge in [0.2, 0.25) is 0 Å². The number of halogens is 3. The average molecular weight is 314 g/mol. The van der Waals surface area contributed by atoms with Crippen molar-refractivity contribution < 1.29 is 17.9 Å². The molecule has 0 bridgehead atoms. The number of hydrogen-bond donors (Lipinski definition) is 1. The smallest absolute Gasteiger partial charge is 0.419 e. The summed E-state index contributed by atoms with van der Waals surface area (Å²) in [6.45, 7) is 4.33. The van der Waals surface area contributed by atoms with Gasteiger partial charge in [0.05, 0.1) is 12.2 Å². The number of alkyl halides is 3. The number of para-hydroxylation sites is 1. The van der Waals surface area contributed by atoms with E-state index in [0.717, 1.165) is 45.1 Å². The van der Waals surface area contributed by atoms with Crippen LogP contribution in [0.25, 0.3) is 0 Å². The van der Waals surface area contributed by atoms with Crippen LogP contribution in [0.5, 0.6) is 5.75 Å². The Morgan fingerprint density at radius 2 is 1.91 bits per heavy atom. The van der Waals surface area contributed by atoms with E-state index in [1.165, 1.54) is 6.07 Å². The molecule has 1 saturated heterocycles. The minimum Gasteiger partial charge on any atom is -0.492 e. The van der Waals surface area contributed by atoms with Crippen molar-refractivity contribution in [1.82, 2.24) is 10.2 Å². The van der Waals surface area contributed by atoms with Crippen LogP contribution < -0.4 is 10.1 Å². The maximum absolute atomic E-state index is 13.2. The van der Waals surface area contributed by atoms with Gasteiger partial charge in [-0.3, -0.25) is 4.90 Å². The molecule has 2 aliphatic rings. The van der Waals surface area contributed by atoms with Crippen molar-refractivity contribution in [2.24, 2.45) is 5.92 Å². The van der Waals surface area contributed by atoms with Gasteiger partial charge < -0.3 is 10.1 Å². The fraction of sp³-hybridized carbons (Fsp3) is 0.625. The van der Waals surface area contributed by atoms with Gasteiger partial charge in [-0.05, 0) is 24.8 Å². The Labute approximate surface area is 128 Å². The van der Waals surface area contributed by atoms with Crippen LogP contribution in [-0.2, 0) is 12.7 Å². The van der Waals surface area contributed by atoms with Crippen LogP contribution in [0.2, 0.25) is 0 Å². The summed E-state index contributed by atoms with van der Waals surface area (Å²) in [5, 5.41) is 3.25. The molecule has 1 aliphatic carbocycles. The SMILES string of the molecule is FC(F)(F)c1cccc(CN2CCNCC2)c1OCC1CC1. The van der Waals surface area contributed by atoms with Crippen LogP contribution in [-0.4, -0.2) is 37.7 Å². The molecular formula is C16H21F3N2O. The number of piperazine rings is 1. The molecule has 1 aromatic rings. The van der Waals surface area contributed by atoms with E-state index in [4.69, 9.17) is 4.74 Å². The highest BCUT2D eigenvalue weighted by atomic mass is 19.4. The third-order valence-electron chi connectivity index (χ3n) is 4.17. The third kappa shape index (κ3) is 3.93. The lowest BCUT2D eigenvalue weighted by atomic mass is 10.1. The van der Waals surface area contributed by atoms with Crippen LogP contribution in [0.15, 0.2) is 18.2 Å². The van der Waals surface area contributed by atoms with Gasteiger partial charge in [0, 0.05) is 38.3 Å². The molecule has 2 fully saturated rings. The van der Waals surface area contributed by atoms with E-state index in [9.17, 15) is 13.2 Å². The molecule has 1 saturated carbocycles. The number of hydrogen-bond acceptors (Lipinski definition) is 3. The molecule has 6 heteroatoms. The maximum atomic E-state index is 13.2. The Balaban J connectivity index is 1.82. The van der Waals surface area contributed by atoms with Crippen LogP contribution in [0.4, 0.5) is 13.2 Å². The van der Waals surface area contributed by atoms with E-state index < -0.39 is 11.7 Å². The fourth-order valence-corrected chi connectivity index (χ4v) is 2.70. The zero-order chi connectivity index (χ0) is 15.6. The first-order chi connectivity index (χ1) is 10.5. The summed E-state index contributed by atoms with van der Waals surface area (Å²) < 4.78 is 45.3.